The average molecular weight is 352 g/mol. The molecular formula is C20H20N2O4. The van der Waals surface area contributed by atoms with Crippen LogP contribution in [0.5, 0.6) is 11.5 Å². The molecule has 6 heteroatoms. The number of esters is 1. The van der Waals surface area contributed by atoms with Crippen LogP contribution in [0.15, 0.2) is 48.5 Å². The second kappa shape index (κ2) is 6.72. The third kappa shape index (κ3) is 2.99. The van der Waals surface area contributed by atoms with Crippen molar-refractivity contribution >= 4 is 16.9 Å². The van der Waals surface area contributed by atoms with Crippen LogP contribution < -0.4 is 15.2 Å². The number of fused-ring (bicyclic) bond motifs is 2. The summed E-state index contributed by atoms with van der Waals surface area (Å²) < 4.78 is 17.7. The summed E-state index contributed by atoms with van der Waals surface area (Å²) in [5, 5.41) is 1.11. The van der Waals surface area contributed by atoms with Crippen LogP contribution in [0.3, 0.4) is 0 Å². The van der Waals surface area contributed by atoms with E-state index in [1.54, 1.807) is 0 Å². The number of carbonyl (C=O) groups excluding carboxylic acids is 1. The van der Waals surface area contributed by atoms with Gasteiger partial charge in [-0.2, -0.15) is 0 Å². The van der Waals surface area contributed by atoms with Crippen molar-refractivity contribution in [1.29, 1.82) is 0 Å². The van der Waals surface area contributed by atoms with Gasteiger partial charge in [0.05, 0.1) is 7.11 Å². The van der Waals surface area contributed by atoms with Gasteiger partial charge in [0.25, 0.3) is 0 Å². The van der Waals surface area contributed by atoms with E-state index in [1.165, 1.54) is 7.11 Å². The van der Waals surface area contributed by atoms with Crippen molar-refractivity contribution in [3.63, 3.8) is 0 Å². The lowest BCUT2D eigenvalue weighted by Crippen LogP contribution is -2.36. The summed E-state index contributed by atoms with van der Waals surface area (Å²) in [6.45, 7) is 0.618. The van der Waals surface area contributed by atoms with Crippen molar-refractivity contribution in [2.75, 3.05) is 13.9 Å². The molecule has 1 aliphatic heterocycles. The Bertz CT molecular complexity index is 964. The number of aromatic nitrogens is 1. The number of methoxy groups -OCH3 is 1. The fourth-order valence-electron chi connectivity index (χ4n) is 3.31. The number of nitrogens with zero attached hydrogens (tertiary/aromatic N) is 1. The Morgan fingerprint density at radius 1 is 1.19 bits per heavy atom. The molecule has 0 saturated heterocycles. The fraction of sp³-hybridized carbons (Fsp3) is 0.250. The molecule has 1 aromatic heterocycles. The van der Waals surface area contributed by atoms with Crippen LogP contribution in [0.2, 0.25) is 0 Å². The van der Waals surface area contributed by atoms with Gasteiger partial charge >= 0.3 is 5.97 Å². The van der Waals surface area contributed by atoms with Crippen molar-refractivity contribution in [3.05, 3.63) is 59.8 Å². The highest BCUT2D eigenvalue weighted by Crippen LogP contribution is 2.33. The smallest absolute Gasteiger partial charge is 0.324 e. The summed E-state index contributed by atoms with van der Waals surface area (Å²) in [6, 6.07) is 15.4. The molecule has 1 atom stereocenters. The van der Waals surface area contributed by atoms with Crippen molar-refractivity contribution < 1.29 is 19.0 Å². The van der Waals surface area contributed by atoms with E-state index in [9.17, 15) is 4.79 Å². The van der Waals surface area contributed by atoms with E-state index in [0.717, 1.165) is 33.7 Å². The number of para-hydroxylation sites is 1. The Morgan fingerprint density at radius 2 is 2.00 bits per heavy atom. The third-order valence-electron chi connectivity index (χ3n) is 4.60. The first kappa shape index (κ1) is 16.5. The minimum atomic E-state index is -0.716. The van der Waals surface area contributed by atoms with Crippen molar-refractivity contribution in [1.82, 2.24) is 4.57 Å². The summed E-state index contributed by atoms with van der Waals surface area (Å²) in [7, 11) is 1.35. The van der Waals surface area contributed by atoms with Gasteiger partial charge in [-0.1, -0.05) is 24.3 Å². The molecule has 2 heterocycles. The number of hydrogen-bond acceptors (Lipinski definition) is 5. The first-order valence-corrected chi connectivity index (χ1v) is 8.45. The molecule has 0 bridgehead atoms. The summed E-state index contributed by atoms with van der Waals surface area (Å²) >= 11 is 0. The lowest BCUT2D eigenvalue weighted by Gasteiger charge is -2.15. The summed E-state index contributed by atoms with van der Waals surface area (Å²) in [4.78, 5) is 11.8. The highest BCUT2D eigenvalue weighted by molar-refractivity contribution is 5.82. The Labute approximate surface area is 151 Å². The van der Waals surface area contributed by atoms with Crippen LogP contribution in [-0.4, -0.2) is 30.5 Å². The maximum atomic E-state index is 11.8. The van der Waals surface area contributed by atoms with Gasteiger partial charge in [0.2, 0.25) is 6.79 Å². The normalized spacial score (nSPS) is 13.8. The van der Waals surface area contributed by atoms with Crippen LogP contribution in [0, 0.1) is 0 Å². The molecule has 0 spiro atoms. The summed E-state index contributed by atoms with van der Waals surface area (Å²) in [5.41, 5.74) is 9.23. The monoisotopic (exact) mass is 352 g/mol. The van der Waals surface area contributed by atoms with Crippen LogP contribution >= 0.6 is 0 Å². The van der Waals surface area contributed by atoms with Gasteiger partial charge < -0.3 is 24.5 Å². The van der Waals surface area contributed by atoms with Gasteiger partial charge in [-0.15, -0.1) is 0 Å². The Balaban J connectivity index is 1.69. The zero-order valence-electron chi connectivity index (χ0n) is 14.5. The number of hydrogen-bond donors (Lipinski definition) is 1. The van der Waals surface area contributed by atoms with Crippen LogP contribution in [-0.2, 0) is 22.5 Å². The van der Waals surface area contributed by atoms with E-state index in [0.29, 0.717) is 13.0 Å². The minimum absolute atomic E-state index is 0.257. The molecule has 6 nitrogen and oxygen atoms in total. The van der Waals surface area contributed by atoms with E-state index in [2.05, 4.69) is 16.7 Å². The van der Waals surface area contributed by atoms with Crippen LogP contribution in [0.4, 0.5) is 0 Å². The van der Waals surface area contributed by atoms with Gasteiger partial charge in [-0.25, -0.2) is 0 Å². The standard InChI is InChI=1S/C20H20N2O4/c1-24-20(23)16(21)11-22-15(10-14-4-2-3-5-17(14)22)8-13-6-7-18-19(9-13)26-12-25-18/h2-7,9-10,16H,8,11-12,21H2,1H3/t16-/m0/s1. The highest BCUT2D eigenvalue weighted by Gasteiger charge is 2.19. The molecular weight excluding hydrogens is 332 g/mol. The summed E-state index contributed by atoms with van der Waals surface area (Å²) in [5.74, 6) is 1.11. The summed E-state index contributed by atoms with van der Waals surface area (Å²) in [6.07, 6.45) is 0.694. The maximum absolute atomic E-state index is 11.8. The lowest BCUT2D eigenvalue weighted by atomic mass is 10.1. The van der Waals surface area contributed by atoms with Crippen molar-refractivity contribution in [2.24, 2.45) is 5.73 Å². The van der Waals surface area contributed by atoms with E-state index in [-0.39, 0.29) is 6.79 Å². The highest BCUT2D eigenvalue weighted by atomic mass is 16.7. The van der Waals surface area contributed by atoms with Crippen LogP contribution in [0.25, 0.3) is 10.9 Å². The first-order valence-electron chi connectivity index (χ1n) is 8.45. The molecule has 1 aliphatic rings. The lowest BCUT2D eigenvalue weighted by molar-refractivity contribution is -0.142. The quantitative estimate of drug-likeness (QED) is 0.714. The predicted molar refractivity (Wildman–Crippen MR) is 97.3 cm³/mol. The second-order valence-corrected chi connectivity index (χ2v) is 6.30. The van der Waals surface area contributed by atoms with E-state index < -0.39 is 12.0 Å². The Morgan fingerprint density at radius 3 is 2.85 bits per heavy atom. The van der Waals surface area contributed by atoms with E-state index in [4.69, 9.17) is 19.9 Å². The van der Waals surface area contributed by atoms with Crippen molar-refractivity contribution in [3.8, 4) is 11.5 Å². The molecule has 4 rings (SSSR count). The van der Waals surface area contributed by atoms with Gasteiger partial charge in [0.15, 0.2) is 11.5 Å². The second-order valence-electron chi connectivity index (χ2n) is 6.30. The Kier molecular flexibility index (Phi) is 4.26. The molecule has 0 fully saturated rings. The average Bonchev–Trinajstić information content (AvgIpc) is 3.25. The van der Waals surface area contributed by atoms with Gasteiger partial charge in [-0.05, 0) is 35.2 Å². The largest absolute Gasteiger partial charge is 0.468 e. The molecule has 0 unspecified atom stereocenters. The third-order valence-corrected chi connectivity index (χ3v) is 4.60. The SMILES string of the molecule is COC(=O)[C@@H](N)Cn1c(Cc2ccc3c(c2)OCO3)cc2ccccc21. The zero-order valence-corrected chi connectivity index (χ0v) is 14.5. The van der Waals surface area contributed by atoms with Gasteiger partial charge in [-0.3, -0.25) is 4.79 Å². The predicted octanol–water partition coefficient (Wildman–Crippen LogP) is 2.46. The molecule has 0 aliphatic carbocycles. The fourth-order valence-corrected chi connectivity index (χ4v) is 3.31. The van der Waals surface area contributed by atoms with Crippen LogP contribution in [0.1, 0.15) is 11.3 Å². The molecule has 26 heavy (non-hydrogen) atoms. The van der Waals surface area contributed by atoms with Gasteiger partial charge in [0, 0.05) is 24.2 Å². The molecule has 2 N–H and O–H groups in total. The maximum Gasteiger partial charge on any atom is 0.324 e. The zero-order chi connectivity index (χ0) is 18.1. The molecule has 3 aromatic rings. The van der Waals surface area contributed by atoms with Crippen molar-refractivity contribution in [2.45, 2.75) is 19.0 Å². The molecule has 2 aromatic carbocycles. The topological polar surface area (TPSA) is 75.7 Å². The molecule has 134 valence electrons. The first-order chi connectivity index (χ1) is 12.7. The molecule has 0 saturated carbocycles. The number of carbonyl (C=O) groups is 1. The minimum Gasteiger partial charge on any atom is -0.468 e. The number of rotatable bonds is 5. The number of benzene rings is 2. The number of ether oxygens (including phenoxy) is 3. The van der Waals surface area contributed by atoms with E-state index in [1.807, 2.05) is 36.4 Å². The van der Waals surface area contributed by atoms with Gasteiger partial charge in [0.1, 0.15) is 6.04 Å². The van der Waals surface area contributed by atoms with E-state index >= 15 is 0 Å². The number of nitrogens with two attached hydrogens (primary N) is 1. The Hall–Kier alpha value is -2.99. The molecule has 0 radical (unpaired) electrons. The molecule has 0 amide bonds.